The quantitative estimate of drug-likeness (QED) is 0.659. The summed E-state index contributed by atoms with van der Waals surface area (Å²) < 4.78 is 4.78. The smallest absolute Gasteiger partial charge is 0.340 e. The minimum absolute atomic E-state index is 0.391. The molecular formula is C14H19ClN2O2S. The van der Waals surface area contributed by atoms with E-state index >= 15 is 0 Å². The Balaban J connectivity index is 2.14. The number of anilines is 2. The predicted octanol–water partition coefficient (Wildman–Crippen LogP) is 3.26. The number of benzene rings is 1. The van der Waals surface area contributed by atoms with Crippen molar-refractivity contribution >= 4 is 40.7 Å². The first-order valence-corrected chi connectivity index (χ1v) is 8.14. The zero-order chi connectivity index (χ0) is 14.5. The number of nitrogens with two attached hydrogens (primary N) is 1. The molecule has 1 fully saturated rings. The van der Waals surface area contributed by atoms with Gasteiger partial charge in [-0.3, -0.25) is 0 Å². The van der Waals surface area contributed by atoms with Crippen molar-refractivity contribution < 1.29 is 9.53 Å². The summed E-state index contributed by atoms with van der Waals surface area (Å²) in [5.41, 5.74) is 7.20. The van der Waals surface area contributed by atoms with Gasteiger partial charge in [0, 0.05) is 12.2 Å². The van der Waals surface area contributed by atoms with E-state index in [0.29, 0.717) is 27.9 Å². The van der Waals surface area contributed by atoms with Crippen LogP contribution in [-0.2, 0) is 4.74 Å². The molecular weight excluding hydrogens is 296 g/mol. The van der Waals surface area contributed by atoms with E-state index in [1.807, 2.05) is 11.8 Å². The fourth-order valence-electron chi connectivity index (χ4n) is 2.28. The molecule has 0 radical (unpaired) electrons. The zero-order valence-electron chi connectivity index (χ0n) is 11.4. The highest BCUT2D eigenvalue weighted by atomic mass is 35.5. The molecule has 1 aromatic carbocycles. The Hall–Kier alpha value is -1.07. The molecule has 6 heteroatoms. The predicted molar refractivity (Wildman–Crippen MR) is 85.7 cm³/mol. The largest absolute Gasteiger partial charge is 0.465 e. The summed E-state index contributed by atoms with van der Waals surface area (Å²) in [6, 6.07) is 3.24. The number of nitrogens with one attached hydrogen (secondary N) is 1. The van der Waals surface area contributed by atoms with Gasteiger partial charge in [0.05, 0.1) is 23.4 Å². The van der Waals surface area contributed by atoms with E-state index in [1.54, 1.807) is 12.1 Å². The van der Waals surface area contributed by atoms with Gasteiger partial charge in [-0.1, -0.05) is 11.6 Å². The summed E-state index contributed by atoms with van der Waals surface area (Å²) in [4.78, 5) is 11.8. The molecule has 1 aliphatic rings. The van der Waals surface area contributed by atoms with E-state index in [1.165, 1.54) is 31.5 Å². The summed E-state index contributed by atoms with van der Waals surface area (Å²) >= 11 is 8.19. The highest BCUT2D eigenvalue weighted by molar-refractivity contribution is 7.99. The van der Waals surface area contributed by atoms with Crippen molar-refractivity contribution in [1.82, 2.24) is 0 Å². The molecule has 1 saturated heterocycles. The second-order valence-electron chi connectivity index (χ2n) is 4.85. The molecule has 20 heavy (non-hydrogen) atoms. The van der Waals surface area contributed by atoms with Crippen molar-refractivity contribution in [3.8, 4) is 0 Å². The van der Waals surface area contributed by atoms with E-state index in [4.69, 9.17) is 22.1 Å². The minimum atomic E-state index is -0.430. The van der Waals surface area contributed by atoms with Crippen LogP contribution in [0.5, 0.6) is 0 Å². The molecule has 3 N–H and O–H groups in total. The minimum Gasteiger partial charge on any atom is -0.465 e. The lowest BCUT2D eigenvalue weighted by molar-refractivity contribution is 0.0602. The van der Waals surface area contributed by atoms with Gasteiger partial charge in [-0.2, -0.15) is 11.8 Å². The van der Waals surface area contributed by atoms with Gasteiger partial charge in [0.2, 0.25) is 0 Å². The second kappa shape index (κ2) is 7.09. The maximum atomic E-state index is 11.8. The molecule has 2 rings (SSSR count). The number of carbonyl (C=O) groups excluding carboxylic acids is 1. The Bertz CT molecular complexity index is 490. The topological polar surface area (TPSA) is 64.3 Å². The molecule has 1 aromatic rings. The third-order valence-corrected chi connectivity index (χ3v) is 4.77. The number of esters is 1. The first-order chi connectivity index (χ1) is 9.61. The zero-order valence-corrected chi connectivity index (χ0v) is 13.0. The van der Waals surface area contributed by atoms with Gasteiger partial charge in [0.15, 0.2) is 0 Å². The third-order valence-electron chi connectivity index (χ3n) is 3.43. The van der Waals surface area contributed by atoms with Gasteiger partial charge in [-0.05, 0) is 42.4 Å². The number of rotatable bonds is 4. The fourth-order valence-corrected chi connectivity index (χ4v) is 3.77. The lowest BCUT2D eigenvalue weighted by Crippen LogP contribution is -2.20. The maximum absolute atomic E-state index is 11.8. The van der Waals surface area contributed by atoms with Crippen molar-refractivity contribution in [1.29, 1.82) is 0 Å². The van der Waals surface area contributed by atoms with E-state index in [0.717, 1.165) is 6.54 Å². The average Bonchev–Trinajstić information content (AvgIpc) is 2.46. The molecule has 110 valence electrons. The molecule has 0 aromatic heterocycles. The van der Waals surface area contributed by atoms with Crippen LogP contribution < -0.4 is 11.1 Å². The first kappa shape index (κ1) is 15.3. The standard InChI is InChI=1S/C14H19ClN2O2S/c1-19-14(18)11-6-10(16)7-12(15)13(11)17-8-9-2-4-20-5-3-9/h6-7,9,17H,2-5,8,16H2,1H3. The summed E-state index contributed by atoms with van der Waals surface area (Å²) in [5.74, 6) is 2.59. The highest BCUT2D eigenvalue weighted by Crippen LogP contribution is 2.31. The van der Waals surface area contributed by atoms with Crippen LogP contribution in [0.15, 0.2) is 12.1 Å². The van der Waals surface area contributed by atoms with Gasteiger partial charge in [-0.25, -0.2) is 4.79 Å². The van der Waals surface area contributed by atoms with Crippen molar-refractivity contribution in [3.05, 3.63) is 22.7 Å². The normalized spacial score (nSPS) is 15.9. The van der Waals surface area contributed by atoms with Gasteiger partial charge < -0.3 is 15.8 Å². The Labute approximate surface area is 128 Å². The number of hydrogen-bond donors (Lipinski definition) is 2. The monoisotopic (exact) mass is 314 g/mol. The van der Waals surface area contributed by atoms with Gasteiger partial charge >= 0.3 is 5.97 Å². The number of nitrogen functional groups attached to an aromatic ring is 1. The number of carbonyl (C=O) groups is 1. The first-order valence-electron chi connectivity index (χ1n) is 6.60. The lowest BCUT2D eigenvalue weighted by Gasteiger charge is -2.23. The molecule has 1 heterocycles. The van der Waals surface area contributed by atoms with Gasteiger partial charge in [0.25, 0.3) is 0 Å². The third kappa shape index (κ3) is 3.73. The van der Waals surface area contributed by atoms with Gasteiger partial charge in [-0.15, -0.1) is 0 Å². The Kier molecular flexibility index (Phi) is 5.43. The molecule has 1 aliphatic heterocycles. The number of halogens is 1. The summed E-state index contributed by atoms with van der Waals surface area (Å²) in [6.07, 6.45) is 2.38. The lowest BCUT2D eigenvalue weighted by atomic mass is 10.0. The Morgan fingerprint density at radius 1 is 1.50 bits per heavy atom. The second-order valence-corrected chi connectivity index (χ2v) is 6.49. The van der Waals surface area contributed by atoms with E-state index in [2.05, 4.69) is 5.32 Å². The fraction of sp³-hybridized carbons (Fsp3) is 0.500. The number of thioether (sulfide) groups is 1. The SMILES string of the molecule is COC(=O)c1cc(N)cc(Cl)c1NCC1CCSCC1. The number of hydrogen-bond acceptors (Lipinski definition) is 5. The summed E-state index contributed by atoms with van der Waals surface area (Å²) in [5, 5.41) is 3.75. The molecule has 4 nitrogen and oxygen atoms in total. The average molecular weight is 315 g/mol. The van der Waals surface area contributed by atoms with Crippen LogP contribution >= 0.6 is 23.4 Å². The Morgan fingerprint density at radius 2 is 2.20 bits per heavy atom. The number of methoxy groups -OCH3 is 1. The van der Waals surface area contributed by atoms with Crippen LogP contribution in [-0.4, -0.2) is 31.1 Å². The number of ether oxygens (including phenoxy) is 1. The van der Waals surface area contributed by atoms with Crippen LogP contribution in [0.1, 0.15) is 23.2 Å². The summed E-state index contributed by atoms with van der Waals surface area (Å²) in [7, 11) is 1.35. The van der Waals surface area contributed by atoms with Crippen molar-refractivity contribution in [2.45, 2.75) is 12.8 Å². The van der Waals surface area contributed by atoms with E-state index in [-0.39, 0.29) is 0 Å². The Morgan fingerprint density at radius 3 is 2.85 bits per heavy atom. The van der Waals surface area contributed by atoms with Crippen molar-refractivity contribution in [2.24, 2.45) is 5.92 Å². The van der Waals surface area contributed by atoms with Crippen LogP contribution in [0.3, 0.4) is 0 Å². The van der Waals surface area contributed by atoms with Crippen LogP contribution in [0, 0.1) is 5.92 Å². The molecule has 0 atom stereocenters. The molecule has 0 unspecified atom stereocenters. The molecule has 0 spiro atoms. The van der Waals surface area contributed by atoms with E-state index in [9.17, 15) is 4.79 Å². The van der Waals surface area contributed by atoms with Crippen molar-refractivity contribution in [3.63, 3.8) is 0 Å². The van der Waals surface area contributed by atoms with Crippen molar-refractivity contribution in [2.75, 3.05) is 36.2 Å². The molecule has 0 aliphatic carbocycles. The maximum Gasteiger partial charge on any atom is 0.340 e. The van der Waals surface area contributed by atoms with Gasteiger partial charge in [0.1, 0.15) is 0 Å². The van der Waals surface area contributed by atoms with E-state index < -0.39 is 5.97 Å². The van der Waals surface area contributed by atoms with Crippen LogP contribution in [0.4, 0.5) is 11.4 Å². The van der Waals surface area contributed by atoms with Crippen LogP contribution in [0.2, 0.25) is 5.02 Å². The highest BCUT2D eigenvalue weighted by Gasteiger charge is 2.18. The molecule has 0 saturated carbocycles. The molecule has 0 amide bonds. The molecule has 0 bridgehead atoms. The summed E-state index contributed by atoms with van der Waals surface area (Å²) in [6.45, 7) is 0.814. The van der Waals surface area contributed by atoms with Crippen LogP contribution in [0.25, 0.3) is 0 Å².